The van der Waals surface area contributed by atoms with Crippen LogP contribution < -0.4 is 5.32 Å². The molecule has 5 heteroatoms. The number of esters is 1. The number of rotatable bonds is 2. The van der Waals surface area contributed by atoms with Crippen molar-refractivity contribution < 1.29 is 14.6 Å². The lowest BCUT2D eigenvalue weighted by atomic mass is 10.3. The summed E-state index contributed by atoms with van der Waals surface area (Å²) in [4.78, 5) is 13.1. The van der Waals surface area contributed by atoms with Crippen molar-refractivity contribution in [1.82, 2.24) is 10.2 Å². The maximum absolute atomic E-state index is 11.4. The number of carbonyl (C=O) groups excluding carboxylic acids is 1. The van der Waals surface area contributed by atoms with Crippen molar-refractivity contribution in [1.29, 1.82) is 0 Å². The summed E-state index contributed by atoms with van der Waals surface area (Å²) in [5.74, 6) is 0.240. The highest BCUT2D eigenvalue weighted by atomic mass is 16.5. The van der Waals surface area contributed by atoms with Crippen LogP contribution in [0.25, 0.3) is 0 Å². The van der Waals surface area contributed by atoms with E-state index in [1.165, 1.54) is 0 Å². The van der Waals surface area contributed by atoms with Crippen LogP contribution in [0.4, 0.5) is 0 Å². The molecular weight excluding hydrogens is 196 g/mol. The average molecular weight is 208 g/mol. The van der Waals surface area contributed by atoms with Crippen LogP contribution in [-0.2, 0) is 9.53 Å². The topological polar surface area (TPSA) is 61.8 Å². The molecule has 0 fully saturated rings. The zero-order valence-electron chi connectivity index (χ0n) is 8.36. The number of hydrogen-bond donors (Lipinski definition) is 2. The maximum atomic E-state index is 11.4. The molecular formula is C10H12N2O3. The van der Waals surface area contributed by atoms with Gasteiger partial charge in [0.05, 0.1) is 6.61 Å². The van der Waals surface area contributed by atoms with Crippen molar-refractivity contribution >= 4 is 5.97 Å². The van der Waals surface area contributed by atoms with E-state index in [1.54, 1.807) is 24.1 Å². The summed E-state index contributed by atoms with van der Waals surface area (Å²) >= 11 is 0. The van der Waals surface area contributed by atoms with Gasteiger partial charge in [-0.15, -0.1) is 0 Å². The summed E-state index contributed by atoms with van der Waals surface area (Å²) in [6.45, 7) is 2.72. The van der Waals surface area contributed by atoms with Gasteiger partial charge < -0.3 is 20.1 Å². The fourth-order valence-corrected chi connectivity index (χ4v) is 1.48. The Morgan fingerprint density at radius 2 is 2.53 bits per heavy atom. The van der Waals surface area contributed by atoms with Crippen LogP contribution in [0.2, 0.25) is 0 Å². The van der Waals surface area contributed by atoms with E-state index in [4.69, 9.17) is 4.74 Å². The normalized spacial score (nSPS) is 18.5. The SMILES string of the molecule is CCOC(=O)C1=CN2CC=CC(O)=C2N1. The Hall–Kier alpha value is -1.91. The van der Waals surface area contributed by atoms with Gasteiger partial charge >= 0.3 is 5.97 Å². The molecule has 0 unspecified atom stereocenters. The van der Waals surface area contributed by atoms with Gasteiger partial charge in [-0.05, 0) is 13.0 Å². The molecule has 2 aliphatic heterocycles. The quantitative estimate of drug-likeness (QED) is 0.650. The molecule has 0 saturated carbocycles. The molecule has 2 aliphatic rings. The lowest BCUT2D eigenvalue weighted by Crippen LogP contribution is -2.25. The Balaban J connectivity index is 2.15. The number of ether oxygens (including phenoxy) is 1. The minimum absolute atomic E-state index is 0.122. The smallest absolute Gasteiger partial charge is 0.356 e. The minimum atomic E-state index is -0.410. The molecule has 0 aromatic rings. The van der Waals surface area contributed by atoms with Crippen LogP contribution in [0.5, 0.6) is 0 Å². The summed E-state index contributed by atoms with van der Waals surface area (Å²) in [6.07, 6.45) is 5.04. The molecule has 0 aromatic carbocycles. The third-order valence-corrected chi connectivity index (χ3v) is 2.14. The Morgan fingerprint density at radius 1 is 1.73 bits per heavy atom. The summed E-state index contributed by atoms with van der Waals surface area (Å²) in [5, 5.41) is 12.3. The number of nitrogens with one attached hydrogen (secondary N) is 1. The van der Waals surface area contributed by atoms with Crippen LogP contribution in [0.1, 0.15) is 6.92 Å². The molecule has 0 radical (unpaired) electrons. The first-order chi connectivity index (χ1) is 7.22. The highest BCUT2D eigenvalue weighted by molar-refractivity contribution is 5.88. The van der Waals surface area contributed by atoms with Crippen molar-refractivity contribution in [2.75, 3.05) is 13.2 Å². The molecule has 0 spiro atoms. The molecule has 80 valence electrons. The van der Waals surface area contributed by atoms with E-state index in [-0.39, 0.29) is 5.76 Å². The van der Waals surface area contributed by atoms with Crippen LogP contribution >= 0.6 is 0 Å². The number of hydrogen-bond acceptors (Lipinski definition) is 5. The van der Waals surface area contributed by atoms with E-state index in [0.717, 1.165) is 0 Å². The molecule has 0 amide bonds. The predicted octanol–water partition coefficient (Wildman–Crippen LogP) is 0.593. The fraction of sp³-hybridized carbons (Fsp3) is 0.300. The summed E-state index contributed by atoms with van der Waals surface area (Å²) < 4.78 is 4.85. The van der Waals surface area contributed by atoms with E-state index in [9.17, 15) is 9.90 Å². The average Bonchev–Trinajstić information content (AvgIpc) is 2.63. The summed E-state index contributed by atoms with van der Waals surface area (Å²) in [7, 11) is 0. The van der Waals surface area contributed by atoms with Crippen LogP contribution in [0.15, 0.2) is 35.6 Å². The van der Waals surface area contributed by atoms with Gasteiger partial charge in [-0.25, -0.2) is 4.79 Å². The van der Waals surface area contributed by atoms with Crippen molar-refractivity contribution in [2.24, 2.45) is 0 Å². The van der Waals surface area contributed by atoms with Gasteiger partial charge in [-0.3, -0.25) is 0 Å². The van der Waals surface area contributed by atoms with E-state index >= 15 is 0 Å². The summed E-state index contributed by atoms with van der Waals surface area (Å²) in [5.41, 5.74) is 0.349. The second-order valence-electron chi connectivity index (χ2n) is 3.18. The predicted molar refractivity (Wildman–Crippen MR) is 53.4 cm³/mol. The number of allylic oxidation sites excluding steroid dienone is 1. The van der Waals surface area contributed by atoms with E-state index in [0.29, 0.717) is 24.7 Å². The lowest BCUT2D eigenvalue weighted by molar-refractivity contribution is -0.138. The van der Waals surface area contributed by atoms with Crippen molar-refractivity contribution in [3.8, 4) is 0 Å². The third-order valence-electron chi connectivity index (χ3n) is 2.14. The molecule has 0 aromatic heterocycles. The van der Waals surface area contributed by atoms with E-state index in [2.05, 4.69) is 5.32 Å². The van der Waals surface area contributed by atoms with Crippen molar-refractivity contribution in [2.45, 2.75) is 6.92 Å². The zero-order chi connectivity index (χ0) is 10.8. The first kappa shape index (κ1) is 9.64. The second kappa shape index (κ2) is 3.68. The zero-order valence-corrected chi connectivity index (χ0v) is 8.36. The van der Waals surface area contributed by atoms with Gasteiger partial charge in [0.25, 0.3) is 0 Å². The molecule has 0 aliphatic carbocycles. The number of fused-ring (bicyclic) bond motifs is 1. The van der Waals surface area contributed by atoms with Gasteiger partial charge in [-0.1, -0.05) is 6.08 Å². The standard InChI is InChI=1S/C10H12N2O3/c1-2-15-10(14)7-6-12-5-3-4-8(13)9(12)11-7/h3-4,6,11,13H,2,5H2,1H3. The molecule has 15 heavy (non-hydrogen) atoms. The number of aliphatic hydroxyl groups excluding tert-OH is 1. The largest absolute Gasteiger partial charge is 0.504 e. The lowest BCUT2D eigenvalue weighted by Gasteiger charge is -2.19. The number of carbonyl (C=O) groups is 1. The van der Waals surface area contributed by atoms with Crippen LogP contribution in [0, 0.1) is 0 Å². The van der Waals surface area contributed by atoms with Crippen LogP contribution in [-0.4, -0.2) is 29.1 Å². The minimum Gasteiger partial charge on any atom is -0.504 e. The van der Waals surface area contributed by atoms with Crippen LogP contribution in [0.3, 0.4) is 0 Å². The molecule has 0 atom stereocenters. The van der Waals surface area contributed by atoms with Crippen molar-refractivity contribution in [3.05, 3.63) is 35.6 Å². The Labute approximate surface area is 87.3 Å². The highest BCUT2D eigenvalue weighted by Crippen LogP contribution is 2.21. The molecule has 0 saturated heterocycles. The van der Waals surface area contributed by atoms with Crippen molar-refractivity contribution in [3.63, 3.8) is 0 Å². The third kappa shape index (κ3) is 1.68. The molecule has 2 N–H and O–H groups in total. The Morgan fingerprint density at radius 3 is 3.20 bits per heavy atom. The Bertz CT molecular complexity index is 382. The fourth-order valence-electron chi connectivity index (χ4n) is 1.48. The molecule has 2 heterocycles. The number of aliphatic hydroxyl groups is 1. The molecule has 2 rings (SSSR count). The van der Waals surface area contributed by atoms with Gasteiger partial charge in [0.2, 0.25) is 0 Å². The number of nitrogens with zero attached hydrogens (tertiary/aromatic N) is 1. The highest BCUT2D eigenvalue weighted by Gasteiger charge is 2.26. The summed E-state index contributed by atoms with van der Waals surface area (Å²) in [6, 6.07) is 0. The van der Waals surface area contributed by atoms with Gasteiger partial charge in [-0.2, -0.15) is 0 Å². The monoisotopic (exact) mass is 208 g/mol. The van der Waals surface area contributed by atoms with E-state index in [1.807, 2.05) is 6.08 Å². The molecule has 0 bridgehead atoms. The van der Waals surface area contributed by atoms with Gasteiger partial charge in [0.1, 0.15) is 5.70 Å². The van der Waals surface area contributed by atoms with Gasteiger partial charge in [0.15, 0.2) is 11.6 Å². The Kier molecular flexibility index (Phi) is 2.37. The first-order valence-corrected chi connectivity index (χ1v) is 4.74. The maximum Gasteiger partial charge on any atom is 0.356 e. The second-order valence-corrected chi connectivity index (χ2v) is 3.18. The van der Waals surface area contributed by atoms with E-state index < -0.39 is 5.97 Å². The molecule has 5 nitrogen and oxygen atoms in total. The first-order valence-electron chi connectivity index (χ1n) is 4.74. The van der Waals surface area contributed by atoms with Gasteiger partial charge in [0, 0.05) is 12.7 Å².